The van der Waals surface area contributed by atoms with Crippen molar-refractivity contribution in [3.8, 4) is 10.7 Å². The molecule has 2 aromatic rings. The fourth-order valence-corrected chi connectivity index (χ4v) is 1.85. The summed E-state index contributed by atoms with van der Waals surface area (Å²) < 4.78 is 3.90. The molecule has 6 heteroatoms. The molecule has 0 radical (unpaired) electrons. The van der Waals surface area contributed by atoms with Crippen LogP contribution in [0.1, 0.15) is 25.4 Å². The third-order valence-electron chi connectivity index (χ3n) is 1.96. The van der Waals surface area contributed by atoms with Gasteiger partial charge in [-0.1, -0.05) is 18.3 Å². The van der Waals surface area contributed by atoms with E-state index in [1.54, 1.807) is 0 Å². The van der Waals surface area contributed by atoms with Gasteiger partial charge in [0.05, 0.1) is 5.69 Å². The quantitative estimate of drug-likeness (QED) is 0.830. The summed E-state index contributed by atoms with van der Waals surface area (Å²) in [4.78, 5) is 5.32. The van der Waals surface area contributed by atoms with Crippen LogP contribution in [0.4, 0.5) is 0 Å². The molecule has 0 fully saturated rings. The normalized spacial score (nSPS) is 10.7. The average Bonchev–Trinajstić information content (AvgIpc) is 2.85. The van der Waals surface area contributed by atoms with E-state index >= 15 is 0 Å². The van der Waals surface area contributed by atoms with Crippen LogP contribution in [-0.4, -0.2) is 24.8 Å². The van der Waals surface area contributed by atoms with Gasteiger partial charge in [0.2, 0.25) is 0 Å². The first-order chi connectivity index (χ1) is 6.85. The molecule has 5 nitrogen and oxygen atoms in total. The van der Waals surface area contributed by atoms with Crippen molar-refractivity contribution < 1.29 is 0 Å². The van der Waals surface area contributed by atoms with Gasteiger partial charge in [-0.25, -0.2) is 4.98 Å². The monoisotopic (exact) mass is 209 g/mol. The molecule has 2 aromatic heterocycles. The van der Waals surface area contributed by atoms with Crippen molar-refractivity contribution in [3.63, 3.8) is 0 Å². The highest BCUT2D eigenvalue weighted by atomic mass is 32.1. The topological polar surface area (TPSA) is 67.3 Å². The molecule has 0 aliphatic heterocycles. The molecular formula is C8H11N5S. The van der Waals surface area contributed by atoms with Crippen molar-refractivity contribution in [2.24, 2.45) is 0 Å². The molecule has 0 aliphatic rings. The van der Waals surface area contributed by atoms with E-state index < -0.39 is 0 Å². The Bertz CT molecular complexity index is 419. The maximum Gasteiger partial charge on any atom is 0.194 e. The largest absolute Gasteiger partial charge is 0.263 e. The van der Waals surface area contributed by atoms with E-state index in [1.807, 2.05) is 13.8 Å². The number of H-pyrrole nitrogens is 1. The molecular weight excluding hydrogens is 198 g/mol. The zero-order valence-corrected chi connectivity index (χ0v) is 8.93. The smallest absolute Gasteiger partial charge is 0.194 e. The standard InChI is InChI=1S/C8H11N5S/c1-3-5-7(14-13-10-5)8-9-6(4-2)11-12-8/h3-4H2,1-2H3,(H,9,11,12). The third kappa shape index (κ3) is 1.52. The summed E-state index contributed by atoms with van der Waals surface area (Å²) in [5.41, 5.74) is 0.969. The van der Waals surface area contributed by atoms with Crippen molar-refractivity contribution in [1.82, 2.24) is 24.8 Å². The first-order valence-corrected chi connectivity index (χ1v) is 5.35. The van der Waals surface area contributed by atoms with E-state index in [4.69, 9.17) is 0 Å². The number of hydrogen-bond donors (Lipinski definition) is 1. The molecule has 0 saturated carbocycles. The van der Waals surface area contributed by atoms with Crippen LogP contribution in [-0.2, 0) is 12.8 Å². The zero-order valence-electron chi connectivity index (χ0n) is 8.11. The van der Waals surface area contributed by atoms with Crippen molar-refractivity contribution in [2.45, 2.75) is 26.7 Å². The number of nitrogens with one attached hydrogen (secondary N) is 1. The minimum Gasteiger partial charge on any atom is -0.263 e. The van der Waals surface area contributed by atoms with Gasteiger partial charge in [-0.15, -0.1) is 5.10 Å². The zero-order chi connectivity index (χ0) is 9.97. The summed E-state index contributed by atoms with van der Waals surface area (Å²) in [6, 6.07) is 0. The van der Waals surface area contributed by atoms with Crippen LogP contribution >= 0.6 is 11.5 Å². The van der Waals surface area contributed by atoms with E-state index in [1.165, 1.54) is 11.5 Å². The maximum absolute atomic E-state index is 4.34. The van der Waals surface area contributed by atoms with E-state index in [0.717, 1.165) is 29.2 Å². The second kappa shape index (κ2) is 3.83. The lowest BCUT2D eigenvalue weighted by molar-refractivity contribution is 0.946. The Morgan fingerprint density at radius 1 is 1.29 bits per heavy atom. The minimum atomic E-state index is 0.716. The average molecular weight is 209 g/mol. The molecule has 74 valence electrons. The molecule has 0 aliphatic carbocycles. The van der Waals surface area contributed by atoms with Gasteiger partial charge in [0.15, 0.2) is 5.82 Å². The van der Waals surface area contributed by atoms with Crippen molar-refractivity contribution >= 4 is 11.5 Å². The van der Waals surface area contributed by atoms with Crippen LogP contribution < -0.4 is 0 Å². The fraction of sp³-hybridized carbons (Fsp3) is 0.500. The number of rotatable bonds is 3. The Labute approximate surface area is 85.8 Å². The van der Waals surface area contributed by atoms with Crippen LogP contribution in [0, 0.1) is 0 Å². The predicted molar refractivity (Wildman–Crippen MR) is 54.0 cm³/mol. The lowest BCUT2D eigenvalue weighted by Gasteiger charge is -1.89. The van der Waals surface area contributed by atoms with Gasteiger partial charge in [0.25, 0.3) is 0 Å². The number of aromatic amines is 1. The Hall–Kier alpha value is -1.30. The SMILES string of the molecule is CCc1nc(-c2snnc2CC)n[nH]1. The molecule has 2 heterocycles. The number of nitrogens with zero attached hydrogens (tertiary/aromatic N) is 4. The lowest BCUT2D eigenvalue weighted by Crippen LogP contribution is -1.86. The van der Waals surface area contributed by atoms with Gasteiger partial charge >= 0.3 is 0 Å². The second-order valence-electron chi connectivity index (χ2n) is 2.86. The molecule has 1 N–H and O–H groups in total. The number of aryl methyl sites for hydroxylation is 2. The van der Waals surface area contributed by atoms with E-state index in [0.29, 0.717) is 5.82 Å². The Balaban J connectivity index is 2.38. The molecule has 0 bridgehead atoms. The maximum atomic E-state index is 4.34. The fourth-order valence-electron chi connectivity index (χ4n) is 1.16. The molecule has 0 atom stereocenters. The Morgan fingerprint density at radius 3 is 2.79 bits per heavy atom. The predicted octanol–water partition coefficient (Wildman–Crippen LogP) is 1.45. The minimum absolute atomic E-state index is 0.716. The van der Waals surface area contributed by atoms with Crippen LogP contribution in [0.5, 0.6) is 0 Å². The van der Waals surface area contributed by atoms with Crippen LogP contribution in [0.15, 0.2) is 0 Å². The van der Waals surface area contributed by atoms with Crippen LogP contribution in [0.3, 0.4) is 0 Å². The highest BCUT2D eigenvalue weighted by Gasteiger charge is 2.12. The van der Waals surface area contributed by atoms with Gasteiger partial charge in [-0.3, -0.25) is 5.10 Å². The summed E-state index contributed by atoms with van der Waals surface area (Å²) in [6.45, 7) is 4.09. The Morgan fingerprint density at radius 2 is 2.14 bits per heavy atom. The number of hydrogen-bond acceptors (Lipinski definition) is 5. The number of aromatic nitrogens is 5. The van der Waals surface area contributed by atoms with Crippen molar-refractivity contribution in [3.05, 3.63) is 11.5 Å². The summed E-state index contributed by atoms with van der Waals surface area (Å²) in [5.74, 6) is 1.61. The molecule has 0 spiro atoms. The highest BCUT2D eigenvalue weighted by Crippen LogP contribution is 2.22. The molecule has 0 amide bonds. The first kappa shape index (κ1) is 9.26. The first-order valence-electron chi connectivity index (χ1n) is 4.58. The van der Waals surface area contributed by atoms with Gasteiger partial charge in [-0.05, 0) is 18.0 Å². The van der Waals surface area contributed by atoms with Crippen LogP contribution in [0.2, 0.25) is 0 Å². The van der Waals surface area contributed by atoms with Gasteiger partial charge < -0.3 is 0 Å². The lowest BCUT2D eigenvalue weighted by atomic mass is 10.3. The summed E-state index contributed by atoms with van der Waals surface area (Å²) in [7, 11) is 0. The second-order valence-corrected chi connectivity index (χ2v) is 3.62. The van der Waals surface area contributed by atoms with Gasteiger partial charge in [0, 0.05) is 6.42 Å². The highest BCUT2D eigenvalue weighted by molar-refractivity contribution is 7.09. The molecule has 0 unspecified atom stereocenters. The molecule has 14 heavy (non-hydrogen) atoms. The molecule has 0 saturated heterocycles. The van der Waals surface area contributed by atoms with Crippen LogP contribution in [0.25, 0.3) is 10.7 Å². The van der Waals surface area contributed by atoms with Crippen molar-refractivity contribution in [2.75, 3.05) is 0 Å². The van der Waals surface area contributed by atoms with Gasteiger partial charge in [-0.2, -0.15) is 5.10 Å². The van der Waals surface area contributed by atoms with E-state index in [2.05, 4.69) is 24.8 Å². The summed E-state index contributed by atoms with van der Waals surface area (Å²) in [6.07, 6.45) is 1.72. The summed E-state index contributed by atoms with van der Waals surface area (Å²) >= 11 is 1.34. The third-order valence-corrected chi connectivity index (χ3v) is 2.72. The molecule has 0 aromatic carbocycles. The Kier molecular flexibility index (Phi) is 2.53. The van der Waals surface area contributed by atoms with E-state index in [-0.39, 0.29) is 0 Å². The van der Waals surface area contributed by atoms with Crippen molar-refractivity contribution in [1.29, 1.82) is 0 Å². The summed E-state index contributed by atoms with van der Waals surface area (Å²) in [5, 5.41) is 11.0. The molecule has 2 rings (SSSR count). The van der Waals surface area contributed by atoms with Gasteiger partial charge in [0.1, 0.15) is 10.7 Å². The van der Waals surface area contributed by atoms with E-state index in [9.17, 15) is 0 Å².